The van der Waals surface area contributed by atoms with Crippen molar-refractivity contribution in [3.8, 4) is 0 Å². The molecule has 2 aliphatic rings. The molecule has 1 unspecified atom stereocenters. The molecule has 0 saturated carbocycles. The number of carbonyl (C=O) groups is 2. The molecule has 2 fully saturated rings. The standard InChI is InChI=1S/C19H27N3O3/c1-18(2)13-25-15(14-8-6-5-7-9-14)12-21(18)10-11-22-16(23)19(3,4)20-17(22)24/h5-9,15H,10-13H2,1-4H3,(H,20,24). The zero-order valence-corrected chi connectivity index (χ0v) is 15.4. The SMILES string of the molecule is CC1(C)NC(=O)N(CCN2CC(c3ccccc3)OCC2(C)C)C1=O. The van der Waals surface area contributed by atoms with E-state index < -0.39 is 5.54 Å². The van der Waals surface area contributed by atoms with Crippen LogP contribution in [-0.2, 0) is 9.53 Å². The van der Waals surface area contributed by atoms with E-state index in [9.17, 15) is 9.59 Å². The highest BCUT2D eigenvalue weighted by Crippen LogP contribution is 2.30. The molecule has 136 valence electrons. The molecular formula is C19H27N3O3. The Morgan fingerprint density at radius 2 is 1.80 bits per heavy atom. The third-order valence-corrected chi connectivity index (χ3v) is 5.09. The normalized spacial score (nSPS) is 25.9. The second-order valence-corrected chi connectivity index (χ2v) is 7.98. The average molecular weight is 345 g/mol. The van der Waals surface area contributed by atoms with Crippen molar-refractivity contribution in [2.75, 3.05) is 26.2 Å². The summed E-state index contributed by atoms with van der Waals surface area (Å²) in [5.41, 5.74) is 0.198. The zero-order chi connectivity index (χ0) is 18.2. The van der Waals surface area contributed by atoms with Crippen molar-refractivity contribution in [1.29, 1.82) is 0 Å². The minimum atomic E-state index is -0.815. The first-order valence-corrected chi connectivity index (χ1v) is 8.76. The summed E-state index contributed by atoms with van der Waals surface area (Å²) in [5.74, 6) is -0.164. The van der Waals surface area contributed by atoms with Crippen LogP contribution in [0.25, 0.3) is 0 Å². The van der Waals surface area contributed by atoms with E-state index in [2.05, 4.69) is 36.2 Å². The number of nitrogens with one attached hydrogen (secondary N) is 1. The van der Waals surface area contributed by atoms with Crippen LogP contribution in [0, 0.1) is 0 Å². The summed E-state index contributed by atoms with van der Waals surface area (Å²) in [6, 6.07) is 9.85. The lowest BCUT2D eigenvalue weighted by Crippen LogP contribution is -2.56. The number of hydrogen-bond donors (Lipinski definition) is 1. The lowest BCUT2D eigenvalue weighted by atomic mass is 9.98. The molecule has 25 heavy (non-hydrogen) atoms. The Morgan fingerprint density at radius 1 is 1.12 bits per heavy atom. The molecule has 1 atom stereocenters. The third-order valence-electron chi connectivity index (χ3n) is 5.09. The molecule has 1 N–H and O–H groups in total. The van der Waals surface area contributed by atoms with Crippen molar-refractivity contribution in [3.63, 3.8) is 0 Å². The summed E-state index contributed by atoms with van der Waals surface area (Å²) >= 11 is 0. The number of ether oxygens (including phenoxy) is 1. The number of hydrogen-bond acceptors (Lipinski definition) is 4. The minimum Gasteiger partial charge on any atom is -0.370 e. The van der Waals surface area contributed by atoms with Gasteiger partial charge in [-0.3, -0.25) is 14.6 Å². The Bertz CT molecular complexity index is 657. The summed E-state index contributed by atoms with van der Waals surface area (Å²) in [6.07, 6.45) is 0.00812. The number of benzene rings is 1. The first kappa shape index (κ1) is 17.9. The maximum Gasteiger partial charge on any atom is 0.325 e. The molecule has 0 bridgehead atoms. The quantitative estimate of drug-likeness (QED) is 0.850. The maximum atomic E-state index is 12.4. The lowest BCUT2D eigenvalue weighted by molar-refractivity contribution is -0.131. The van der Waals surface area contributed by atoms with E-state index in [1.165, 1.54) is 4.90 Å². The first-order chi connectivity index (χ1) is 11.7. The van der Waals surface area contributed by atoms with Crippen molar-refractivity contribution < 1.29 is 14.3 Å². The Morgan fingerprint density at radius 3 is 2.40 bits per heavy atom. The van der Waals surface area contributed by atoms with Crippen LogP contribution in [0.4, 0.5) is 4.79 Å². The average Bonchev–Trinajstić information content (AvgIpc) is 2.75. The Hall–Kier alpha value is -1.92. The molecule has 0 aliphatic carbocycles. The monoisotopic (exact) mass is 345 g/mol. The summed E-state index contributed by atoms with van der Waals surface area (Å²) in [7, 11) is 0. The summed E-state index contributed by atoms with van der Waals surface area (Å²) in [5, 5.41) is 2.73. The van der Waals surface area contributed by atoms with Crippen molar-refractivity contribution in [3.05, 3.63) is 35.9 Å². The number of carbonyl (C=O) groups excluding carboxylic acids is 2. The fourth-order valence-corrected chi connectivity index (χ4v) is 3.40. The van der Waals surface area contributed by atoms with E-state index in [0.29, 0.717) is 19.7 Å². The molecule has 2 heterocycles. The van der Waals surface area contributed by atoms with Gasteiger partial charge in [0, 0.05) is 25.2 Å². The molecule has 3 rings (SSSR count). The molecule has 6 nitrogen and oxygen atoms in total. The smallest absolute Gasteiger partial charge is 0.325 e. The van der Waals surface area contributed by atoms with E-state index in [4.69, 9.17) is 4.74 Å². The van der Waals surface area contributed by atoms with Crippen LogP contribution in [-0.4, -0.2) is 59.1 Å². The Labute approximate surface area is 149 Å². The number of amides is 3. The molecule has 1 aromatic carbocycles. The van der Waals surface area contributed by atoms with Crippen LogP contribution in [0.3, 0.4) is 0 Å². The second-order valence-electron chi connectivity index (χ2n) is 7.98. The van der Waals surface area contributed by atoms with Gasteiger partial charge in [0.1, 0.15) is 5.54 Å². The van der Waals surface area contributed by atoms with Gasteiger partial charge in [-0.15, -0.1) is 0 Å². The van der Waals surface area contributed by atoms with Gasteiger partial charge in [0.15, 0.2) is 0 Å². The summed E-state index contributed by atoms with van der Waals surface area (Å²) < 4.78 is 6.06. The number of imide groups is 1. The molecule has 0 radical (unpaired) electrons. The maximum absolute atomic E-state index is 12.4. The van der Waals surface area contributed by atoms with Crippen LogP contribution in [0.5, 0.6) is 0 Å². The summed E-state index contributed by atoms with van der Waals surface area (Å²) in [4.78, 5) is 28.1. The number of rotatable bonds is 4. The van der Waals surface area contributed by atoms with Crippen LogP contribution in [0.1, 0.15) is 39.4 Å². The van der Waals surface area contributed by atoms with Crippen LogP contribution >= 0.6 is 0 Å². The number of urea groups is 1. The molecule has 2 saturated heterocycles. The minimum absolute atomic E-state index is 0.00812. The fraction of sp³-hybridized carbons (Fsp3) is 0.579. The van der Waals surface area contributed by atoms with Crippen LogP contribution in [0.15, 0.2) is 30.3 Å². The topological polar surface area (TPSA) is 61.9 Å². The van der Waals surface area contributed by atoms with Crippen molar-refractivity contribution in [2.24, 2.45) is 0 Å². The highest BCUT2D eigenvalue weighted by Gasteiger charge is 2.44. The van der Waals surface area contributed by atoms with Gasteiger partial charge in [0.05, 0.1) is 12.7 Å². The van der Waals surface area contributed by atoms with Gasteiger partial charge in [-0.05, 0) is 33.3 Å². The Balaban J connectivity index is 1.67. The molecule has 1 aromatic rings. The summed E-state index contributed by atoms with van der Waals surface area (Å²) in [6.45, 7) is 10.1. The molecule has 2 aliphatic heterocycles. The van der Waals surface area contributed by atoms with Gasteiger partial charge in [-0.2, -0.15) is 0 Å². The predicted molar refractivity (Wildman–Crippen MR) is 95.1 cm³/mol. The van der Waals surface area contributed by atoms with Gasteiger partial charge >= 0.3 is 6.03 Å². The van der Waals surface area contributed by atoms with E-state index >= 15 is 0 Å². The lowest BCUT2D eigenvalue weighted by Gasteiger charge is -2.45. The zero-order valence-electron chi connectivity index (χ0n) is 15.4. The van der Waals surface area contributed by atoms with Gasteiger partial charge in [-0.1, -0.05) is 30.3 Å². The third kappa shape index (κ3) is 3.55. The Kier molecular flexibility index (Phi) is 4.60. The van der Waals surface area contributed by atoms with Gasteiger partial charge in [0.2, 0.25) is 0 Å². The van der Waals surface area contributed by atoms with E-state index in [0.717, 1.165) is 12.1 Å². The molecule has 3 amide bonds. The largest absolute Gasteiger partial charge is 0.370 e. The van der Waals surface area contributed by atoms with Crippen molar-refractivity contribution in [1.82, 2.24) is 15.1 Å². The highest BCUT2D eigenvalue weighted by atomic mass is 16.5. The van der Waals surface area contributed by atoms with Crippen LogP contribution < -0.4 is 5.32 Å². The van der Waals surface area contributed by atoms with E-state index in [1.54, 1.807) is 13.8 Å². The number of morpholine rings is 1. The van der Waals surface area contributed by atoms with Gasteiger partial charge < -0.3 is 10.1 Å². The second kappa shape index (κ2) is 6.42. The predicted octanol–water partition coefficient (Wildman–Crippen LogP) is 2.17. The fourth-order valence-electron chi connectivity index (χ4n) is 3.40. The van der Waals surface area contributed by atoms with E-state index in [-0.39, 0.29) is 23.6 Å². The molecule has 0 aromatic heterocycles. The van der Waals surface area contributed by atoms with E-state index in [1.807, 2.05) is 18.2 Å². The van der Waals surface area contributed by atoms with Gasteiger partial charge in [-0.25, -0.2) is 4.79 Å². The highest BCUT2D eigenvalue weighted by molar-refractivity contribution is 6.06. The molecule has 0 spiro atoms. The molecular weight excluding hydrogens is 318 g/mol. The van der Waals surface area contributed by atoms with Crippen molar-refractivity contribution in [2.45, 2.75) is 44.9 Å². The van der Waals surface area contributed by atoms with Crippen molar-refractivity contribution >= 4 is 11.9 Å². The molecule has 6 heteroatoms. The van der Waals surface area contributed by atoms with Gasteiger partial charge in [0.25, 0.3) is 5.91 Å². The number of nitrogens with zero attached hydrogens (tertiary/aromatic N) is 2. The first-order valence-electron chi connectivity index (χ1n) is 8.76. The van der Waals surface area contributed by atoms with Crippen LogP contribution in [0.2, 0.25) is 0 Å².